The Morgan fingerprint density at radius 1 is 1.42 bits per heavy atom. The molecule has 0 aromatic carbocycles. The van der Waals surface area contributed by atoms with Crippen LogP contribution in [0.2, 0.25) is 0 Å². The van der Waals surface area contributed by atoms with E-state index in [1.165, 1.54) is 0 Å². The van der Waals surface area contributed by atoms with E-state index >= 15 is 0 Å². The van der Waals surface area contributed by atoms with Crippen molar-refractivity contribution in [3.8, 4) is 0 Å². The average Bonchev–Trinajstić information content (AvgIpc) is 2.75. The van der Waals surface area contributed by atoms with Crippen LogP contribution in [0.3, 0.4) is 0 Å². The quantitative estimate of drug-likeness (QED) is 0.902. The summed E-state index contributed by atoms with van der Waals surface area (Å²) in [6, 6.07) is 3.84. The van der Waals surface area contributed by atoms with E-state index in [-0.39, 0.29) is 30.7 Å². The first kappa shape index (κ1) is 18.2. The number of hydrogen-bond donors (Lipinski definition) is 2. The molecule has 1 amide bonds. The van der Waals surface area contributed by atoms with E-state index in [9.17, 15) is 4.79 Å². The number of nitrogens with one attached hydrogen (secondary N) is 2. The Balaban J connectivity index is 0.00000162. The normalized spacial score (nSPS) is 17.3. The monoisotopic (exact) mass is 305 g/mol. The Hall–Kier alpha value is -0.840. The number of carbonyl (C=O) groups excluding carboxylic acids is 1. The topological polar surface area (TPSA) is 54.0 Å². The van der Waals surface area contributed by atoms with Crippen molar-refractivity contribution in [2.24, 2.45) is 5.92 Å². The van der Waals surface area contributed by atoms with Gasteiger partial charge < -0.3 is 10.6 Å². The van der Waals surface area contributed by atoms with Crippen LogP contribution in [0.25, 0.3) is 0 Å². The Morgan fingerprint density at radius 2 is 2.16 bits per heavy atom. The molecule has 2 N–H and O–H groups in total. The van der Waals surface area contributed by atoms with E-state index in [1.807, 2.05) is 26.0 Å². The molecule has 19 heavy (non-hydrogen) atoms. The van der Waals surface area contributed by atoms with Crippen molar-refractivity contribution in [1.82, 2.24) is 10.3 Å². The lowest BCUT2D eigenvalue weighted by Gasteiger charge is -2.11. The zero-order chi connectivity index (χ0) is 12.3. The van der Waals surface area contributed by atoms with Crippen LogP contribution in [-0.2, 0) is 4.79 Å². The number of aromatic nitrogens is 1. The summed E-state index contributed by atoms with van der Waals surface area (Å²) in [6.07, 6.45) is 1.69. The molecule has 4 nitrogen and oxygen atoms in total. The smallest absolute Gasteiger partial charge is 0.224 e. The third kappa shape index (κ3) is 5.35. The molecule has 0 bridgehead atoms. The van der Waals surface area contributed by atoms with Crippen LogP contribution in [0.4, 0.5) is 5.69 Å². The molecule has 2 heterocycles. The third-order valence-electron chi connectivity index (χ3n) is 3.14. The van der Waals surface area contributed by atoms with Gasteiger partial charge in [-0.25, -0.2) is 0 Å². The highest BCUT2D eigenvalue weighted by atomic mass is 35.5. The first-order valence-corrected chi connectivity index (χ1v) is 6.10. The maximum absolute atomic E-state index is 11.8. The van der Waals surface area contributed by atoms with Crippen molar-refractivity contribution in [3.63, 3.8) is 0 Å². The van der Waals surface area contributed by atoms with Gasteiger partial charge in [0.15, 0.2) is 0 Å². The SMILES string of the molecule is Cc1ccc(NC(=O)CC2CCNC2)c(C)n1.Cl.Cl. The summed E-state index contributed by atoms with van der Waals surface area (Å²) < 4.78 is 0. The van der Waals surface area contributed by atoms with Gasteiger partial charge >= 0.3 is 0 Å². The molecule has 2 rings (SSSR count). The van der Waals surface area contributed by atoms with Crippen LogP contribution in [0.5, 0.6) is 0 Å². The van der Waals surface area contributed by atoms with Gasteiger partial charge in [-0.15, -0.1) is 24.8 Å². The summed E-state index contributed by atoms with van der Waals surface area (Å²) in [5, 5.41) is 6.20. The van der Waals surface area contributed by atoms with Crippen LogP contribution in [0, 0.1) is 19.8 Å². The fourth-order valence-electron chi connectivity index (χ4n) is 2.17. The van der Waals surface area contributed by atoms with Gasteiger partial charge in [-0.3, -0.25) is 9.78 Å². The molecule has 1 saturated heterocycles. The summed E-state index contributed by atoms with van der Waals surface area (Å²) >= 11 is 0. The van der Waals surface area contributed by atoms with Crippen molar-refractivity contribution in [2.75, 3.05) is 18.4 Å². The van der Waals surface area contributed by atoms with E-state index < -0.39 is 0 Å². The predicted octanol–water partition coefficient (Wildman–Crippen LogP) is 2.48. The average molecular weight is 306 g/mol. The molecule has 1 fully saturated rings. The summed E-state index contributed by atoms with van der Waals surface area (Å²) in [7, 11) is 0. The number of carbonyl (C=O) groups is 1. The number of nitrogens with zero attached hydrogens (tertiary/aromatic N) is 1. The molecule has 1 aromatic heterocycles. The highest BCUT2D eigenvalue weighted by Gasteiger charge is 2.18. The number of aryl methyl sites for hydroxylation is 2. The summed E-state index contributed by atoms with van der Waals surface area (Å²) in [6.45, 7) is 5.85. The lowest BCUT2D eigenvalue weighted by Crippen LogP contribution is -2.19. The standard InChI is InChI=1S/C13H19N3O.2ClH/c1-9-3-4-12(10(2)15-9)16-13(17)7-11-5-6-14-8-11;;/h3-4,11,14H,5-8H2,1-2H3,(H,16,17);2*1H. The van der Waals surface area contributed by atoms with Crippen molar-refractivity contribution < 1.29 is 4.79 Å². The van der Waals surface area contributed by atoms with Crippen LogP contribution in [0.1, 0.15) is 24.2 Å². The van der Waals surface area contributed by atoms with Gasteiger partial charge in [0.25, 0.3) is 0 Å². The first-order valence-electron chi connectivity index (χ1n) is 6.10. The zero-order valence-corrected chi connectivity index (χ0v) is 12.9. The van der Waals surface area contributed by atoms with Gasteiger partial charge in [-0.1, -0.05) is 0 Å². The lowest BCUT2D eigenvalue weighted by molar-refractivity contribution is -0.117. The number of halogens is 2. The number of amides is 1. The lowest BCUT2D eigenvalue weighted by atomic mass is 10.0. The van der Waals surface area contributed by atoms with Crippen LogP contribution < -0.4 is 10.6 Å². The molecule has 1 unspecified atom stereocenters. The molecule has 0 saturated carbocycles. The summed E-state index contributed by atoms with van der Waals surface area (Å²) in [4.78, 5) is 16.2. The van der Waals surface area contributed by atoms with E-state index in [0.717, 1.165) is 36.6 Å². The van der Waals surface area contributed by atoms with Crippen molar-refractivity contribution in [1.29, 1.82) is 0 Å². The minimum Gasteiger partial charge on any atom is -0.324 e. The minimum absolute atomic E-state index is 0. The van der Waals surface area contributed by atoms with Gasteiger partial charge in [0.05, 0.1) is 11.4 Å². The Morgan fingerprint density at radius 3 is 2.74 bits per heavy atom. The second-order valence-corrected chi connectivity index (χ2v) is 4.70. The number of rotatable bonds is 3. The van der Waals surface area contributed by atoms with Gasteiger partial charge in [-0.05, 0) is 51.4 Å². The molecular formula is C13H21Cl2N3O. The van der Waals surface area contributed by atoms with Gasteiger partial charge in [0.2, 0.25) is 5.91 Å². The Bertz CT molecular complexity index is 420. The van der Waals surface area contributed by atoms with Gasteiger partial charge in [0.1, 0.15) is 0 Å². The molecule has 0 radical (unpaired) electrons. The maximum Gasteiger partial charge on any atom is 0.224 e. The molecular weight excluding hydrogens is 285 g/mol. The Kier molecular flexibility index (Phi) is 7.99. The second kappa shape index (κ2) is 8.35. The Labute approximate surface area is 126 Å². The van der Waals surface area contributed by atoms with E-state index in [0.29, 0.717) is 12.3 Å². The van der Waals surface area contributed by atoms with Gasteiger partial charge in [-0.2, -0.15) is 0 Å². The summed E-state index contributed by atoms with van der Waals surface area (Å²) in [5.74, 6) is 0.571. The summed E-state index contributed by atoms with van der Waals surface area (Å²) in [5.41, 5.74) is 2.68. The highest BCUT2D eigenvalue weighted by Crippen LogP contribution is 2.16. The van der Waals surface area contributed by atoms with Crippen molar-refractivity contribution in [3.05, 3.63) is 23.5 Å². The fourth-order valence-corrected chi connectivity index (χ4v) is 2.17. The fraction of sp³-hybridized carbons (Fsp3) is 0.538. The van der Waals surface area contributed by atoms with Crippen LogP contribution in [-0.4, -0.2) is 24.0 Å². The zero-order valence-electron chi connectivity index (χ0n) is 11.2. The molecule has 1 aromatic rings. The molecule has 0 spiro atoms. The molecule has 1 atom stereocenters. The minimum atomic E-state index is 0. The maximum atomic E-state index is 11.8. The van der Waals surface area contributed by atoms with Crippen molar-refractivity contribution in [2.45, 2.75) is 26.7 Å². The number of anilines is 1. The molecule has 1 aliphatic rings. The first-order chi connectivity index (χ1) is 8.15. The van der Waals surface area contributed by atoms with E-state index in [1.54, 1.807) is 0 Å². The second-order valence-electron chi connectivity index (χ2n) is 4.70. The van der Waals surface area contributed by atoms with E-state index in [4.69, 9.17) is 0 Å². The molecule has 6 heteroatoms. The van der Waals surface area contributed by atoms with Crippen molar-refractivity contribution >= 4 is 36.4 Å². The van der Waals surface area contributed by atoms with E-state index in [2.05, 4.69) is 15.6 Å². The highest BCUT2D eigenvalue weighted by molar-refractivity contribution is 5.91. The van der Waals surface area contributed by atoms with Crippen LogP contribution in [0.15, 0.2) is 12.1 Å². The molecule has 108 valence electrons. The van der Waals surface area contributed by atoms with Gasteiger partial charge in [0, 0.05) is 12.1 Å². The van der Waals surface area contributed by atoms with Crippen LogP contribution >= 0.6 is 24.8 Å². The number of pyridine rings is 1. The third-order valence-corrected chi connectivity index (χ3v) is 3.14. The molecule has 1 aliphatic heterocycles. The number of hydrogen-bond acceptors (Lipinski definition) is 3. The molecule has 0 aliphatic carbocycles. The predicted molar refractivity (Wildman–Crippen MR) is 82.4 cm³/mol. The largest absolute Gasteiger partial charge is 0.324 e.